The fraction of sp³-hybridized carbons (Fsp3) is 0.333. The van der Waals surface area contributed by atoms with Crippen molar-refractivity contribution in [1.29, 1.82) is 0 Å². The van der Waals surface area contributed by atoms with E-state index in [1.807, 2.05) is 49.3 Å². The molecule has 0 fully saturated rings. The lowest BCUT2D eigenvalue weighted by Gasteiger charge is -2.21. The zero-order chi connectivity index (χ0) is 18.5. The summed E-state index contributed by atoms with van der Waals surface area (Å²) >= 11 is 1.60. The summed E-state index contributed by atoms with van der Waals surface area (Å²) in [6, 6.07) is 15.8. The molecule has 0 bridgehead atoms. The fourth-order valence-corrected chi connectivity index (χ4v) is 3.91. The molecule has 0 radical (unpaired) electrons. The summed E-state index contributed by atoms with van der Waals surface area (Å²) in [6.07, 6.45) is 1.90. The molecule has 0 aliphatic rings. The molecule has 0 aliphatic carbocycles. The van der Waals surface area contributed by atoms with Crippen LogP contribution in [0.3, 0.4) is 0 Å². The Bertz CT molecular complexity index is 873. The van der Waals surface area contributed by atoms with Crippen LogP contribution in [-0.4, -0.2) is 43.0 Å². The first-order valence-corrected chi connectivity index (χ1v) is 9.81. The van der Waals surface area contributed by atoms with E-state index >= 15 is 0 Å². The number of anilines is 1. The van der Waals surface area contributed by atoms with Gasteiger partial charge in [-0.3, -0.25) is 9.69 Å². The molecular formula is C21H25N3OS. The van der Waals surface area contributed by atoms with Crippen molar-refractivity contribution in [3.05, 3.63) is 59.7 Å². The lowest BCUT2D eigenvalue weighted by Crippen LogP contribution is -2.33. The molecule has 136 valence electrons. The van der Waals surface area contributed by atoms with Crippen molar-refractivity contribution >= 4 is 32.6 Å². The van der Waals surface area contributed by atoms with Crippen molar-refractivity contribution in [2.75, 3.05) is 32.1 Å². The van der Waals surface area contributed by atoms with Gasteiger partial charge in [0.2, 0.25) is 0 Å². The highest BCUT2D eigenvalue weighted by atomic mass is 32.1. The van der Waals surface area contributed by atoms with E-state index in [9.17, 15) is 4.79 Å². The number of carbonyl (C=O) groups excluding carboxylic acids is 1. The molecule has 0 atom stereocenters. The number of aryl methyl sites for hydroxylation is 1. The quantitative estimate of drug-likeness (QED) is 0.619. The zero-order valence-electron chi connectivity index (χ0n) is 15.6. The predicted octanol–water partition coefficient (Wildman–Crippen LogP) is 4.46. The topological polar surface area (TPSA) is 36.4 Å². The normalized spacial score (nSPS) is 11.2. The van der Waals surface area contributed by atoms with Crippen molar-refractivity contribution in [2.24, 2.45) is 0 Å². The molecule has 1 aromatic heterocycles. The third-order valence-electron chi connectivity index (χ3n) is 4.33. The molecule has 0 spiro atoms. The SMILES string of the molecule is CCc1ccc2nc(N(CCCN(C)C)C(=O)c3ccccc3)sc2c1. The van der Waals surface area contributed by atoms with E-state index in [0.717, 1.165) is 34.7 Å². The van der Waals surface area contributed by atoms with E-state index in [-0.39, 0.29) is 5.91 Å². The Hall–Kier alpha value is -2.24. The van der Waals surface area contributed by atoms with Gasteiger partial charge in [-0.25, -0.2) is 4.98 Å². The number of fused-ring (bicyclic) bond motifs is 1. The number of benzene rings is 2. The van der Waals surface area contributed by atoms with Gasteiger partial charge < -0.3 is 4.90 Å². The minimum Gasteiger partial charge on any atom is -0.309 e. The minimum absolute atomic E-state index is 0.0131. The average Bonchev–Trinajstić information content (AvgIpc) is 3.07. The maximum Gasteiger partial charge on any atom is 0.260 e. The van der Waals surface area contributed by atoms with E-state index in [2.05, 4.69) is 30.0 Å². The number of hydrogen-bond acceptors (Lipinski definition) is 4. The lowest BCUT2D eigenvalue weighted by atomic mass is 10.2. The standard InChI is InChI=1S/C21H25N3OS/c1-4-16-11-12-18-19(15-16)26-21(22-18)24(14-8-13-23(2)3)20(25)17-9-6-5-7-10-17/h5-7,9-12,15H,4,8,13-14H2,1-3H3. The predicted molar refractivity (Wildman–Crippen MR) is 110 cm³/mol. The van der Waals surface area contributed by atoms with Crippen LogP contribution in [-0.2, 0) is 6.42 Å². The van der Waals surface area contributed by atoms with Crippen LogP contribution in [0.4, 0.5) is 5.13 Å². The first kappa shape index (κ1) is 18.5. The van der Waals surface area contributed by atoms with Crippen LogP contribution in [0.5, 0.6) is 0 Å². The monoisotopic (exact) mass is 367 g/mol. The summed E-state index contributed by atoms with van der Waals surface area (Å²) in [5.41, 5.74) is 2.95. The second-order valence-electron chi connectivity index (χ2n) is 6.63. The van der Waals surface area contributed by atoms with Crippen molar-refractivity contribution in [3.8, 4) is 0 Å². The number of amides is 1. The number of hydrogen-bond donors (Lipinski definition) is 0. The first-order chi connectivity index (χ1) is 12.6. The van der Waals surface area contributed by atoms with Gasteiger partial charge in [-0.05, 0) is 63.3 Å². The van der Waals surface area contributed by atoms with Crippen LogP contribution in [0, 0.1) is 0 Å². The van der Waals surface area contributed by atoms with Gasteiger partial charge in [0, 0.05) is 12.1 Å². The summed E-state index contributed by atoms with van der Waals surface area (Å²) < 4.78 is 1.14. The summed E-state index contributed by atoms with van der Waals surface area (Å²) in [7, 11) is 4.10. The second kappa shape index (κ2) is 8.43. The number of aromatic nitrogens is 1. The van der Waals surface area contributed by atoms with Crippen molar-refractivity contribution in [3.63, 3.8) is 0 Å². The number of carbonyl (C=O) groups is 1. The molecule has 0 aliphatic heterocycles. The smallest absolute Gasteiger partial charge is 0.260 e. The van der Waals surface area contributed by atoms with Gasteiger partial charge in [0.1, 0.15) is 0 Å². The van der Waals surface area contributed by atoms with E-state index < -0.39 is 0 Å². The molecule has 4 nitrogen and oxygen atoms in total. The lowest BCUT2D eigenvalue weighted by molar-refractivity contribution is 0.0986. The molecule has 0 unspecified atom stereocenters. The highest BCUT2D eigenvalue weighted by Crippen LogP contribution is 2.30. The third-order valence-corrected chi connectivity index (χ3v) is 5.37. The highest BCUT2D eigenvalue weighted by Gasteiger charge is 2.21. The molecule has 0 saturated carbocycles. The van der Waals surface area contributed by atoms with Crippen LogP contribution in [0.25, 0.3) is 10.2 Å². The van der Waals surface area contributed by atoms with Gasteiger partial charge in [0.05, 0.1) is 10.2 Å². The molecule has 1 heterocycles. The number of thiazole rings is 1. The van der Waals surface area contributed by atoms with Gasteiger partial charge in [-0.1, -0.05) is 42.5 Å². The Labute approximate surface area is 159 Å². The van der Waals surface area contributed by atoms with Gasteiger partial charge in [-0.15, -0.1) is 0 Å². The van der Waals surface area contributed by atoms with Gasteiger partial charge in [0.15, 0.2) is 5.13 Å². The van der Waals surface area contributed by atoms with E-state index in [0.29, 0.717) is 12.1 Å². The molecule has 0 saturated heterocycles. The molecule has 26 heavy (non-hydrogen) atoms. The molecule has 3 rings (SSSR count). The largest absolute Gasteiger partial charge is 0.309 e. The maximum absolute atomic E-state index is 13.1. The van der Waals surface area contributed by atoms with Crippen LogP contribution in [0.15, 0.2) is 48.5 Å². The van der Waals surface area contributed by atoms with Crippen molar-refractivity contribution in [1.82, 2.24) is 9.88 Å². The number of rotatable bonds is 7. The van der Waals surface area contributed by atoms with Crippen LogP contribution < -0.4 is 4.90 Å². The van der Waals surface area contributed by atoms with Crippen molar-refractivity contribution in [2.45, 2.75) is 19.8 Å². The van der Waals surface area contributed by atoms with Crippen molar-refractivity contribution < 1.29 is 4.79 Å². The summed E-state index contributed by atoms with van der Waals surface area (Å²) in [4.78, 5) is 21.8. The Kier molecular flexibility index (Phi) is 6.01. The fourth-order valence-electron chi connectivity index (χ4n) is 2.86. The Balaban J connectivity index is 1.92. The van der Waals surface area contributed by atoms with E-state index in [4.69, 9.17) is 4.98 Å². The molecule has 1 amide bonds. The molecule has 3 aromatic rings. The first-order valence-electron chi connectivity index (χ1n) is 8.99. The Morgan fingerprint density at radius 2 is 1.85 bits per heavy atom. The third kappa shape index (κ3) is 4.29. The summed E-state index contributed by atoms with van der Waals surface area (Å²) in [6.45, 7) is 3.74. The molecular weight excluding hydrogens is 342 g/mol. The van der Waals surface area contributed by atoms with Crippen LogP contribution in [0.1, 0.15) is 29.3 Å². The Morgan fingerprint density at radius 1 is 1.08 bits per heavy atom. The van der Waals surface area contributed by atoms with Gasteiger partial charge in [0.25, 0.3) is 5.91 Å². The second-order valence-corrected chi connectivity index (χ2v) is 7.64. The van der Waals surface area contributed by atoms with Gasteiger partial charge in [-0.2, -0.15) is 0 Å². The summed E-state index contributed by atoms with van der Waals surface area (Å²) in [5.74, 6) is 0.0131. The molecule has 5 heteroatoms. The van der Waals surface area contributed by atoms with E-state index in [1.165, 1.54) is 5.56 Å². The average molecular weight is 368 g/mol. The van der Waals surface area contributed by atoms with Crippen LogP contribution >= 0.6 is 11.3 Å². The molecule has 0 N–H and O–H groups in total. The zero-order valence-corrected chi connectivity index (χ0v) is 16.4. The molecule has 2 aromatic carbocycles. The maximum atomic E-state index is 13.1. The highest BCUT2D eigenvalue weighted by molar-refractivity contribution is 7.22. The minimum atomic E-state index is 0.0131. The summed E-state index contributed by atoms with van der Waals surface area (Å²) in [5, 5.41) is 0.779. The number of nitrogens with zero attached hydrogens (tertiary/aromatic N) is 3. The Morgan fingerprint density at radius 3 is 2.54 bits per heavy atom. The van der Waals surface area contributed by atoms with Gasteiger partial charge >= 0.3 is 0 Å². The van der Waals surface area contributed by atoms with E-state index in [1.54, 1.807) is 11.3 Å². The van der Waals surface area contributed by atoms with Crippen LogP contribution in [0.2, 0.25) is 0 Å².